The Morgan fingerprint density at radius 1 is 1.38 bits per heavy atom. The molecule has 0 atom stereocenters. The van der Waals surface area contributed by atoms with Crippen molar-refractivity contribution in [3.05, 3.63) is 58.0 Å². The molecule has 0 fully saturated rings. The van der Waals surface area contributed by atoms with Crippen LogP contribution in [0.15, 0.2) is 45.5 Å². The quantitative estimate of drug-likeness (QED) is 0.774. The van der Waals surface area contributed by atoms with Gasteiger partial charge in [-0.3, -0.25) is 4.79 Å². The average Bonchev–Trinajstić information content (AvgIpc) is 2.98. The fourth-order valence-corrected chi connectivity index (χ4v) is 2.24. The second-order valence-corrected chi connectivity index (χ2v) is 5.62. The number of aryl methyl sites for hydroxylation is 1. The molecule has 2 aromatic rings. The molecule has 0 saturated carbocycles. The highest BCUT2D eigenvalue weighted by atomic mass is 79.9. The number of carbonyl (C=O) groups is 1. The first-order valence-electron chi connectivity index (χ1n) is 6.81. The summed E-state index contributed by atoms with van der Waals surface area (Å²) in [7, 11) is 0. The normalized spacial score (nSPS) is 10.6. The molecule has 1 heterocycles. The first kappa shape index (κ1) is 15.8. The van der Waals surface area contributed by atoms with E-state index >= 15 is 0 Å². The maximum Gasteiger partial charge on any atom is 0.251 e. The van der Waals surface area contributed by atoms with Gasteiger partial charge in [0.15, 0.2) is 0 Å². The van der Waals surface area contributed by atoms with Crippen molar-refractivity contribution < 1.29 is 13.9 Å². The third-order valence-corrected chi connectivity index (χ3v) is 3.51. The van der Waals surface area contributed by atoms with Crippen LogP contribution in [0.3, 0.4) is 0 Å². The topological polar surface area (TPSA) is 51.5 Å². The summed E-state index contributed by atoms with van der Waals surface area (Å²) in [5, 5.41) is 2.90. The molecule has 0 aliphatic rings. The lowest BCUT2D eigenvalue weighted by Crippen LogP contribution is -2.26. The van der Waals surface area contributed by atoms with E-state index < -0.39 is 0 Å². The van der Waals surface area contributed by atoms with Crippen molar-refractivity contribution in [3.8, 4) is 0 Å². The van der Waals surface area contributed by atoms with E-state index in [1.165, 1.54) is 0 Å². The predicted octanol–water partition coefficient (Wildman–Crippen LogP) is 3.69. The number of nitrogens with one attached hydrogen (secondary N) is 1. The number of carbonyl (C=O) groups excluding carboxylic acids is 1. The molecule has 0 spiro atoms. The van der Waals surface area contributed by atoms with Crippen molar-refractivity contribution in [2.24, 2.45) is 0 Å². The Hall–Kier alpha value is -1.59. The molecule has 1 N–H and O–H groups in total. The Balaban J connectivity index is 1.66. The first-order valence-corrected chi connectivity index (χ1v) is 7.60. The van der Waals surface area contributed by atoms with Crippen LogP contribution in [0, 0.1) is 6.92 Å². The molecule has 0 saturated heterocycles. The number of rotatable bonds is 7. The van der Waals surface area contributed by atoms with Crippen molar-refractivity contribution >= 4 is 21.8 Å². The van der Waals surface area contributed by atoms with Crippen LogP contribution in [0.4, 0.5) is 0 Å². The zero-order chi connectivity index (χ0) is 15.1. The minimum atomic E-state index is -0.0557. The van der Waals surface area contributed by atoms with Crippen LogP contribution in [0.25, 0.3) is 0 Å². The van der Waals surface area contributed by atoms with Gasteiger partial charge in [-0.05, 0) is 43.2 Å². The Kier molecular flexibility index (Phi) is 6.02. The fourth-order valence-electron chi connectivity index (χ4n) is 1.88. The highest BCUT2D eigenvalue weighted by Gasteiger charge is 2.08. The second-order valence-electron chi connectivity index (χ2n) is 4.70. The lowest BCUT2D eigenvalue weighted by Gasteiger charge is -2.08. The molecule has 0 aliphatic carbocycles. The smallest absolute Gasteiger partial charge is 0.251 e. The highest BCUT2D eigenvalue weighted by molar-refractivity contribution is 9.10. The minimum absolute atomic E-state index is 0.0557. The zero-order valence-electron chi connectivity index (χ0n) is 11.9. The SMILES string of the molecule is Cc1ccc(Br)cc1C(=O)NCCCOCc1ccco1. The summed E-state index contributed by atoms with van der Waals surface area (Å²) in [6.07, 6.45) is 2.39. The standard InChI is InChI=1S/C16H18BrNO3/c1-12-5-6-13(17)10-15(12)16(19)18-7-3-8-20-11-14-4-2-9-21-14/h2,4-6,9-10H,3,7-8,11H2,1H3,(H,18,19). The van der Waals surface area contributed by atoms with Gasteiger partial charge in [-0.2, -0.15) is 0 Å². The van der Waals surface area contributed by atoms with Gasteiger partial charge < -0.3 is 14.5 Å². The molecule has 1 aromatic heterocycles. The molecular weight excluding hydrogens is 334 g/mol. The zero-order valence-corrected chi connectivity index (χ0v) is 13.5. The molecule has 2 rings (SSSR count). The summed E-state index contributed by atoms with van der Waals surface area (Å²) < 4.78 is 11.5. The number of amides is 1. The molecule has 5 heteroatoms. The van der Waals surface area contributed by atoms with Gasteiger partial charge in [0.05, 0.1) is 6.26 Å². The second kappa shape index (κ2) is 8.00. The molecule has 0 unspecified atom stereocenters. The van der Waals surface area contributed by atoms with Gasteiger partial charge in [0.1, 0.15) is 12.4 Å². The lowest BCUT2D eigenvalue weighted by molar-refractivity contribution is 0.0916. The summed E-state index contributed by atoms with van der Waals surface area (Å²) in [5.74, 6) is 0.753. The van der Waals surface area contributed by atoms with Crippen molar-refractivity contribution in [2.75, 3.05) is 13.2 Å². The van der Waals surface area contributed by atoms with Gasteiger partial charge in [0.2, 0.25) is 0 Å². The minimum Gasteiger partial charge on any atom is -0.467 e. The maximum absolute atomic E-state index is 12.0. The molecule has 21 heavy (non-hydrogen) atoms. The summed E-state index contributed by atoms with van der Waals surface area (Å²) in [4.78, 5) is 12.0. The number of halogens is 1. The summed E-state index contributed by atoms with van der Waals surface area (Å²) in [6.45, 7) is 3.56. The molecule has 0 radical (unpaired) electrons. The van der Waals surface area contributed by atoms with E-state index in [9.17, 15) is 4.79 Å². The van der Waals surface area contributed by atoms with E-state index in [0.717, 1.165) is 22.2 Å². The van der Waals surface area contributed by atoms with Gasteiger partial charge in [-0.15, -0.1) is 0 Å². The number of ether oxygens (including phenoxy) is 1. The monoisotopic (exact) mass is 351 g/mol. The molecule has 0 bridgehead atoms. The van der Waals surface area contributed by atoms with Gasteiger partial charge in [-0.25, -0.2) is 0 Å². The molecule has 4 nitrogen and oxygen atoms in total. The van der Waals surface area contributed by atoms with Gasteiger partial charge in [-0.1, -0.05) is 22.0 Å². The van der Waals surface area contributed by atoms with Crippen molar-refractivity contribution in [2.45, 2.75) is 20.0 Å². The van der Waals surface area contributed by atoms with E-state index in [0.29, 0.717) is 25.3 Å². The van der Waals surface area contributed by atoms with Gasteiger partial charge in [0, 0.05) is 23.2 Å². The molecule has 1 amide bonds. The first-order chi connectivity index (χ1) is 10.2. The van der Waals surface area contributed by atoms with Crippen molar-refractivity contribution in [1.29, 1.82) is 0 Å². The third kappa shape index (κ3) is 5.02. The van der Waals surface area contributed by atoms with Crippen LogP contribution in [-0.2, 0) is 11.3 Å². The highest BCUT2D eigenvalue weighted by Crippen LogP contribution is 2.15. The maximum atomic E-state index is 12.0. The van der Waals surface area contributed by atoms with Crippen LogP contribution >= 0.6 is 15.9 Å². The summed E-state index contributed by atoms with van der Waals surface area (Å²) in [6, 6.07) is 9.38. The Labute approximate surface area is 132 Å². The van der Waals surface area contributed by atoms with Crippen LogP contribution in [-0.4, -0.2) is 19.1 Å². The fraction of sp³-hybridized carbons (Fsp3) is 0.312. The summed E-state index contributed by atoms with van der Waals surface area (Å²) >= 11 is 3.38. The van der Waals surface area contributed by atoms with Crippen LogP contribution in [0.5, 0.6) is 0 Å². The Bertz CT molecular complexity index is 581. The van der Waals surface area contributed by atoms with E-state index in [4.69, 9.17) is 9.15 Å². The van der Waals surface area contributed by atoms with E-state index in [-0.39, 0.29) is 5.91 Å². The van der Waals surface area contributed by atoms with Gasteiger partial charge in [0.25, 0.3) is 5.91 Å². The van der Waals surface area contributed by atoms with E-state index in [1.807, 2.05) is 37.3 Å². The van der Waals surface area contributed by atoms with Crippen LogP contribution in [0.2, 0.25) is 0 Å². The number of hydrogen-bond donors (Lipinski definition) is 1. The molecule has 1 aromatic carbocycles. The van der Waals surface area contributed by atoms with Crippen molar-refractivity contribution in [1.82, 2.24) is 5.32 Å². The molecule has 0 aliphatic heterocycles. The lowest BCUT2D eigenvalue weighted by atomic mass is 10.1. The summed E-state index contributed by atoms with van der Waals surface area (Å²) in [5.41, 5.74) is 1.66. The van der Waals surface area contributed by atoms with Crippen LogP contribution in [0.1, 0.15) is 28.1 Å². The molecular formula is C16H18BrNO3. The van der Waals surface area contributed by atoms with Crippen molar-refractivity contribution in [3.63, 3.8) is 0 Å². The van der Waals surface area contributed by atoms with Crippen LogP contribution < -0.4 is 5.32 Å². The number of benzene rings is 1. The number of furan rings is 1. The third-order valence-electron chi connectivity index (χ3n) is 3.02. The largest absolute Gasteiger partial charge is 0.467 e. The molecule has 112 valence electrons. The predicted molar refractivity (Wildman–Crippen MR) is 84.2 cm³/mol. The van der Waals surface area contributed by atoms with Gasteiger partial charge >= 0.3 is 0 Å². The Morgan fingerprint density at radius 3 is 3.00 bits per heavy atom. The average molecular weight is 352 g/mol. The van der Waals surface area contributed by atoms with E-state index in [2.05, 4.69) is 21.2 Å². The number of hydrogen-bond acceptors (Lipinski definition) is 3. The Morgan fingerprint density at radius 2 is 2.24 bits per heavy atom. The van der Waals surface area contributed by atoms with E-state index in [1.54, 1.807) is 6.26 Å².